The molecular formula is C21H22FN3O. The third-order valence-corrected chi connectivity index (χ3v) is 3.95. The number of hydrogen-bond donors (Lipinski definition) is 1. The Kier molecular flexibility index (Phi) is 4.64. The smallest absolute Gasteiger partial charge is 0.251 e. The molecule has 0 fully saturated rings. The minimum atomic E-state index is -0.339. The van der Waals surface area contributed by atoms with E-state index in [2.05, 4.69) is 10.3 Å². The summed E-state index contributed by atoms with van der Waals surface area (Å²) in [7, 11) is 0. The molecule has 5 heteroatoms. The number of nitrogens with one attached hydrogen (secondary N) is 1. The van der Waals surface area contributed by atoms with Gasteiger partial charge in [0.05, 0.1) is 0 Å². The summed E-state index contributed by atoms with van der Waals surface area (Å²) in [5.41, 5.74) is 2.73. The highest BCUT2D eigenvalue weighted by atomic mass is 19.1. The van der Waals surface area contributed by atoms with Crippen LogP contribution in [0.25, 0.3) is 16.8 Å². The predicted molar refractivity (Wildman–Crippen MR) is 101 cm³/mol. The van der Waals surface area contributed by atoms with Crippen molar-refractivity contribution in [2.45, 2.75) is 33.2 Å². The average molecular weight is 351 g/mol. The lowest BCUT2D eigenvalue weighted by atomic mass is 10.0. The summed E-state index contributed by atoms with van der Waals surface area (Å²) in [6.07, 6.45) is 3.57. The fraction of sp³-hybridized carbons (Fsp3) is 0.238. The Hall–Kier alpha value is -2.95. The van der Waals surface area contributed by atoms with Gasteiger partial charge in [0.1, 0.15) is 11.6 Å². The van der Waals surface area contributed by atoms with Crippen molar-refractivity contribution in [3.8, 4) is 16.8 Å². The number of rotatable bonds is 3. The zero-order valence-electron chi connectivity index (χ0n) is 15.4. The molecule has 26 heavy (non-hydrogen) atoms. The molecular weight excluding hydrogens is 329 g/mol. The van der Waals surface area contributed by atoms with Crippen molar-refractivity contribution in [2.75, 3.05) is 0 Å². The summed E-state index contributed by atoms with van der Waals surface area (Å²) < 4.78 is 15.2. The lowest BCUT2D eigenvalue weighted by Gasteiger charge is -2.21. The molecule has 1 amide bonds. The normalized spacial score (nSPS) is 11.4. The molecule has 0 spiro atoms. The fourth-order valence-electron chi connectivity index (χ4n) is 2.75. The van der Waals surface area contributed by atoms with E-state index >= 15 is 0 Å². The van der Waals surface area contributed by atoms with E-state index in [9.17, 15) is 9.18 Å². The van der Waals surface area contributed by atoms with Crippen molar-refractivity contribution in [3.05, 3.63) is 72.1 Å². The maximum atomic E-state index is 13.3. The van der Waals surface area contributed by atoms with Crippen LogP contribution in [0.2, 0.25) is 0 Å². The van der Waals surface area contributed by atoms with E-state index in [1.807, 2.05) is 56.7 Å². The molecule has 1 heterocycles. The van der Waals surface area contributed by atoms with Gasteiger partial charge in [0.2, 0.25) is 0 Å². The second kappa shape index (κ2) is 6.75. The summed E-state index contributed by atoms with van der Waals surface area (Å²) in [5, 5.41) is 2.99. The van der Waals surface area contributed by atoms with Gasteiger partial charge in [-0.05, 0) is 69.2 Å². The highest BCUT2D eigenvalue weighted by Gasteiger charge is 2.17. The van der Waals surface area contributed by atoms with Gasteiger partial charge >= 0.3 is 0 Å². The minimum Gasteiger partial charge on any atom is -0.347 e. The summed E-state index contributed by atoms with van der Waals surface area (Å²) in [5.74, 6) is 0.380. The Labute approximate surface area is 152 Å². The van der Waals surface area contributed by atoms with Gasteiger partial charge in [0.15, 0.2) is 0 Å². The number of nitrogens with zero attached hydrogens (tertiary/aromatic N) is 2. The molecule has 134 valence electrons. The van der Waals surface area contributed by atoms with Crippen LogP contribution in [0.4, 0.5) is 4.39 Å². The largest absolute Gasteiger partial charge is 0.347 e. The first-order valence-electron chi connectivity index (χ1n) is 8.47. The van der Waals surface area contributed by atoms with Gasteiger partial charge in [0, 0.05) is 29.2 Å². The molecule has 0 bridgehead atoms. The maximum absolute atomic E-state index is 13.3. The highest BCUT2D eigenvalue weighted by molar-refractivity contribution is 5.96. The number of benzene rings is 2. The Bertz CT molecular complexity index is 937. The molecule has 0 saturated heterocycles. The van der Waals surface area contributed by atoms with E-state index in [1.54, 1.807) is 18.3 Å². The quantitative estimate of drug-likeness (QED) is 0.754. The minimum absolute atomic E-state index is 0.152. The number of imidazole rings is 1. The van der Waals surface area contributed by atoms with E-state index < -0.39 is 0 Å². The first-order valence-corrected chi connectivity index (χ1v) is 8.47. The summed E-state index contributed by atoms with van der Waals surface area (Å²) in [6, 6.07) is 11.9. The number of halogens is 1. The van der Waals surface area contributed by atoms with Crippen LogP contribution in [-0.2, 0) is 0 Å². The van der Waals surface area contributed by atoms with Crippen LogP contribution < -0.4 is 5.32 Å². The van der Waals surface area contributed by atoms with E-state index in [-0.39, 0.29) is 17.3 Å². The van der Waals surface area contributed by atoms with Gasteiger partial charge in [-0.15, -0.1) is 0 Å². The maximum Gasteiger partial charge on any atom is 0.251 e. The number of aromatic nitrogens is 2. The second-order valence-electron chi connectivity index (χ2n) is 7.32. The van der Waals surface area contributed by atoms with Gasteiger partial charge in [-0.25, -0.2) is 9.37 Å². The number of aryl methyl sites for hydroxylation is 1. The van der Waals surface area contributed by atoms with Crippen LogP contribution in [0, 0.1) is 12.7 Å². The van der Waals surface area contributed by atoms with Gasteiger partial charge in [0.25, 0.3) is 5.91 Å². The molecule has 0 aliphatic heterocycles. The van der Waals surface area contributed by atoms with Crippen molar-refractivity contribution < 1.29 is 9.18 Å². The fourth-order valence-corrected chi connectivity index (χ4v) is 2.75. The zero-order chi connectivity index (χ0) is 18.9. The van der Waals surface area contributed by atoms with Crippen LogP contribution in [-0.4, -0.2) is 21.0 Å². The summed E-state index contributed by atoms with van der Waals surface area (Å²) >= 11 is 0. The molecule has 0 unspecified atom stereocenters. The van der Waals surface area contributed by atoms with Gasteiger partial charge in [-0.2, -0.15) is 0 Å². The van der Waals surface area contributed by atoms with Gasteiger partial charge in [-0.3, -0.25) is 4.79 Å². The van der Waals surface area contributed by atoms with Crippen molar-refractivity contribution in [1.29, 1.82) is 0 Å². The van der Waals surface area contributed by atoms with E-state index in [4.69, 9.17) is 0 Å². The Morgan fingerprint density at radius 2 is 1.77 bits per heavy atom. The lowest BCUT2D eigenvalue weighted by Crippen LogP contribution is -2.40. The molecule has 0 radical (unpaired) electrons. The number of amides is 1. The van der Waals surface area contributed by atoms with E-state index in [0.717, 1.165) is 22.6 Å². The standard InChI is InChI=1S/C21H22FN3O/c1-14-23-9-10-25(14)19-12-16(15-5-7-18(22)8-6-15)11-17(13-19)20(26)24-21(2,3)4/h5-13H,1-4H3,(H,24,26). The van der Waals surface area contributed by atoms with Crippen LogP contribution in [0.1, 0.15) is 37.0 Å². The Morgan fingerprint density at radius 1 is 1.08 bits per heavy atom. The molecule has 1 N–H and O–H groups in total. The van der Waals surface area contributed by atoms with Gasteiger partial charge in [-0.1, -0.05) is 12.1 Å². The number of hydrogen-bond acceptors (Lipinski definition) is 2. The van der Waals surface area contributed by atoms with Crippen LogP contribution >= 0.6 is 0 Å². The summed E-state index contributed by atoms with van der Waals surface area (Å²) in [4.78, 5) is 17.0. The Morgan fingerprint density at radius 3 is 2.35 bits per heavy atom. The van der Waals surface area contributed by atoms with Crippen molar-refractivity contribution >= 4 is 5.91 Å². The third kappa shape index (κ3) is 3.99. The van der Waals surface area contributed by atoms with Crippen LogP contribution in [0.3, 0.4) is 0 Å². The molecule has 4 nitrogen and oxygen atoms in total. The Balaban J connectivity index is 2.12. The molecule has 0 saturated carbocycles. The highest BCUT2D eigenvalue weighted by Crippen LogP contribution is 2.25. The molecule has 3 aromatic rings. The zero-order valence-corrected chi connectivity index (χ0v) is 15.4. The average Bonchev–Trinajstić information content (AvgIpc) is 2.99. The van der Waals surface area contributed by atoms with Crippen molar-refractivity contribution in [3.63, 3.8) is 0 Å². The first-order chi connectivity index (χ1) is 12.2. The van der Waals surface area contributed by atoms with Crippen LogP contribution in [0.15, 0.2) is 54.9 Å². The van der Waals surface area contributed by atoms with Gasteiger partial charge < -0.3 is 9.88 Å². The van der Waals surface area contributed by atoms with Crippen LogP contribution in [0.5, 0.6) is 0 Å². The number of carbonyl (C=O) groups excluding carboxylic acids is 1. The SMILES string of the molecule is Cc1nccn1-c1cc(C(=O)NC(C)(C)C)cc(-c2ccc(F)cc2)c1. The molecule has 0 aliphatic rings. The van der Waals surface area contributed by atoms with E-state index in [1.165, 1.54) is 12.1 Å². The summed E-state index contributed by atoms with van der Waals surface area (Å²) in [6.45, 7) is 7.72. The molecule has 3 rings (SSSR count). The lowest BCUT2D eigenvalue weighted by molar-refractivity contribution is 0.0919. The molecule has 1 aromatic heterocycles. The monoisotopic (exact) mass is 351 g/mol. The molecule has 2 aromatic carbocycles. The molecule has 0 aliphatic carbocycles. The predicted octanol–water partition coefficient (Wildman–Crippen LogP) is 4.52. The third-order valence-electron chi connectivity index (χ3n) is 3.95. The van der Waals surface area contributed by atoms with Crippen molar-refractivity contribution in [1.82, 2.24) is 14.9 Å². The number of carbonyl (C=O) groups is 1. The van der Waals surface area contributed by atoms with Crippen molar-refractivity contribution in [2.24, 2.45) is 0 Å². The molecule has 0 atom stereocenters. The van der Waals surface area contributed by atoms with E-state index in [0.29, 0.717) is 5.56 Å². The first kappa shape index (κ1) is 17.9. The second-order valence-corrected chi connectivity index (χ2v) is 7.32. The topological polar surface area (TPSA) is 46.9 Å².